The lowest BCUT2D eigenvalue weighted by Gasteiger charge is -2.25. The summed E-state index contributed by atoms with van der Waals surface area (Å²) in [6.45, 7) is 6.20. The van der Waals surface area contributed by atoms with Crippen LogP contribution >= 0.6 is 11.8 Å². The number of thioether (sulfide) groups is 1. The molecule has 0 aliphatic rings. The van der Waals surface area contributed by atoms with Gasteiger partial charge in [0.15, 0.2) is 0 Å². The molecule has 0 saturated heterocycles. The number of nitrogens with zero attached hydrogens (tertiary/aromatic N) is 5. The van der Waals surface area contributed by atoms with Crippen molar-refractivity contribution in [3.8, 4) is 5.69 Å². The molecule has 0 radical (unpaired) electrons. The van der Waals surface area contributed by atoms with Crippen LogP contribution < -0.4 is 0 Å². The molecule has 0 fully saturated rings. The summed E-state index contributed by atoms with van der Waals surface area (Å²) in [5.74, 6) is 0.297. The van der Waals surface area contributed by atoms with E-state index in [1.807, 2.05) is 19.1 Å². The van der Waals surface area contributed by atoms with Crippen LogP contribution in [0.1, 0.15) is 43.9 Å². The zero-order valence-electron chi connectivity index (χ0n) is 16.9. The van der Waals surface area contributed by atoms with Crippen LogP contribution in [0.15, 0.2) is 53.7 Å². The normalized spacial score (nSPS) is 12.2. The summed E-state index contributed by atoms with van der Waals surface area (Å²) in [5.41, 5.74) is 2.97. The Morgan fingerprint density at radius 2 is 1.69 bits per heavy atom. The van der Waals surface area contributed by atoms with Gasteiger partial charge in [-0.25, -0.2) is 4.39 Å². The fourth-order valence-corrected chi connectivity index (χ4v) is 3.66. The molecule has 1 aromatic heterocycles. The van der Waals surface area contributed by atoms with Crippen LogP contribution in [0.3, 0.4) is 0 Å². The number of halogens is 1. The van der Waals surface area contributed by atoms with E-state index >= 15 is 0 Å². The molecule has 29 heavy (non-hydrogen) atoms. The maximum Gasteiger partial charge on any atom is 0.233 e. The molecule has 0 N–H and O–H groups in total. The largest absolute Gasteiger partial charge is 0.338 e. The average molecular weight is 414 g/mol. The summed E-state index contributed by atoms with van der Waals surface area (Å²) in [4.78, 5) is 14.3. The monoisotopic (exact) mass is 413 g/mol. The Morgan fingerprint density at radius 3 is 2.31 bits per heavy atom. The summed E-state index contributed by atoms with van der Waals surface area (Å²) >= 11 is 1.29. The Hall–Kier alpha value is -2.74. The van der Waals surface area contributed by atoms with Crippen LogP contribution in [-0.4, -0.2) is 43.8 Å². The number of carbonyl (C=O) groups is 1. The molecule has 0 bridgehead atoms. The topological polar surface area (TPSA) is 63.9 Å². The molecule has 8 heteroatoms. The zero-order chi connectivity index (χ0) is 21.0. The number of benzene rings is 2. The Bertz CT molecular complexity index is 956. The Balaban J connectivity index is 1.65. The van der Waals surface area contributed by atoms with Crippen molar-refractivity contribution in [1.29, 1.82) is 0 Å². The van der Waals surface area contributed by atoms with Gasteiger partial charge in [0, 0.05) is 7.05 Å². The first-order valence-electron chi connectivity index (χ1n) is 9.39. The molecule has 0 spiro atoms. The molecule has 1 unspecified atom stereocenters. The van der Waals surface area contributed by atoms with Gasteiger partial charge in [0.1, 0.15) is 5.82 Å². The number of tetrazole rings is 1. The van der Waals surface area contributed by atoms with E-state index in [4.69, 9.17) is 0 Å². The van der Waals surface area contributed by atoms with E-state index in [9.17, 15) is 9.18 Å². The quantitative estimate of drug-likeness (QED) is 0.542. The van der Waals surface area contributed by atoms with Crippen LogP contribution in [0.2, 0.25) is 0 Å². The number of amides is 1. The minimum atomic E-state index is -0.293. The minimum Gasteiger partial charge on any atom is -0.338 e. The molecule has 1 heterocycles. The lowest BCUT2D eigenvalue weighted by Crippen LogP contribution is -2.31. The van der Waals surface area contributed by atoms with E-state index < -0.39 is 0 Å². The Morgan fingerprint density at radius 1 is 1.07 bits per heavy atom. The summed E-state index contributed by atoms with van der Waals surface area (Å²) in [6.07, 6.45) is 0. The second kappa shape index (κ2) is 9.17. The second-order valence-electron chi connectivity index (χ2n) is 7.14. The predicted octanol–water partition coefficient (Wildman–Crippen LogP) is 4.24. The molecule has 0 saturated carbocycles. The van der Waals surface area contributed by atoms with E-state index in [-0.39, 0.29) is 23.5 Å². The highest BCUT2D eigenvalue weighted by Crippen LogP contribution is 2.23. The van der Waals surface area contributed by atoms with Gasteiger partial charge in [-0.2, -0.15) is 4.68 Å². The molecular formula is C21H24FN5OS. The molecule has 0 aliphatic heterocycles. The molecule has 3 aromatic rings. The maximum absolute atomic E-state index is 13.1. The van der Waals surface area contributed by atoms with Gasteiger partial charge < -0.3 is 4.90 Å². The Kier molecular flexibility index (Phi) is 6.64. The van der Waals surface area contributed by atoms with Crippen molar-refractivity contribution in [1.82, 2.24) is 25.1 Å². The lowest BCUT2D eigenvalue weighted by molar-refractivity contribution is -0.128. The summed E-state index contributed by atoms with van der Waals surface area (Å²) in [6, 6.07) is 14.1. The fourth-order valence-electron chi connectivity index (χ4n) is 2.84. The first kappa shape index (κ1) is 21.0. The highest BCUT2D eigenvalue weighted by atomic mass is 32.2. The first-order chi connectivity index (χ1) is 13.9. The highest BCUT2D eigenvalue weighted by molar-refractivity contribution is 7.99. The van der Waals surface area contributed by atoms with Gasteiger partial charge in [0.2, 0.25) is 11.1 Å². The molecule has 6 nitrogen and oxygen atoms in total. The molecule has 1 atom stereocenters. The predicted molar refractivity (Wildman–Crippen MR) is 112 cm³/mol. The number of aromatic nitrogens is 4. The molecule has 1 amide bonds. The van der Waals surface area contributed by atoms with Crippen LogP contribution in [0.25, 0.3) is 5.69 Å². The molecular weight excluding hydrogens is 389 g/mol. The fraction of sp³-hybridized carbons (Fsp3) is 0.333. The van der Waals surface area contributed by atoms with E-state index in [1.165, 1.54) is 29.5 Å². The third-order valence-electron chi connectivity index (χ3n) is 4.90. The van der Waals surface area contributed by atoms with E-state index in [0.717, 1.165) is 11.3 Å². The number of carbonyl (C=O) groups excluding carboxylic acids is 1. The van der Waals surface area contributed by atoms with Gasteiger partial charge in [0.05, 0.1) is 17.5 Å². The standard InChI is InChI=1S/C21H24FN5OS/c1-14(2)16-7-11-19(12-8-16)27-21(23-24-25-27)29-13-20(28)26(4)15(3)17-5-9-18(22)10-6-17/h5-12,14-15H,13H2,1-4H3. The third kappa shape index (κ3) is 5.00. The van der Waals surface area contributed by atoms with Crippen molar-refractivity contribution >= 4 is 17.7 Å². The first-order valence-corrected chi connectivity index (χ1v) is 10.4. The lowest BCUT2D eigenvalue weighted by atomic mass is 10.0. The van der Waals surface area contributed by atoms with E-state index in [0.29, 0.717) is 11.1 Å². The van der Waals surface area contributed by atoms with Gasteiger partial charge in [0.25, 0.3) is 0 Å². The third-order valence-corrected chi connectivity index (χ3v) is 5.80. The van der Waals surface area contributed by atoms with Crippen LogP contribution in [-0.2, 0) is 4.79 Å². The van der Waals surface area contributed by atoms with Crippen molar-refractivity contribution in [2.45, 2.75) is 37.9 Å². The van der Waals surface area contributed by atoms with E-state index in [1.54, 1.807) is 28.8 Å². The van der Waals surface area contributed by atoms with Crippen molar-refractivity contribution in [2.24, 2.45) is 0 Å². The van der Waals surface area contributed by atoms with Gasteiger partial charge in [-0.05, 0) is 58.7 Å². The second-order valence-corrected chi connectivity index (χ2v) is 8.08. The molecule has 0 aliphatic carbocycles. The molecule has 152 valence electrons. The van der Waals surface area contributed by atoms with Crippen LogP contribution in [0.5, 0.6) is 0 Å². The van der Waals surface area contributed by atoms with Gasteiger partial charge in [-0.15, -0.1) is 5.10 Å². The smallest absolute Gasteiger partial charge is 0.233 e. The van der Waals surface area contributed by atoms with Crippen molar-refractivity contribution in [3.63, 3.8) is 0 Å². The number of rotatable bonds is 7. The van der Waals surface area contributed by atoms with Crippen molar-refractivity contribution < 1.29 is 9.18 Å². The summed E-state index contributed by atoms with van der Waals surface area (Å²) in [7, 11) is 1.74. The molecule has 3 rings (SSSR count). The zero-order valence-corrected chi connectivity index (χ0v) is 17.7. The van der Waals surface area contributed by atoms with E-state index in [2.05, 4.69) is 41.5 Å². The van der Waals surface area contributed by atoms with Crippen molar-refractivity contribution in [3.05, 3.63) is 65.5 Å². The Labute approximate surface area is 174 Å². The highest BCUT2D eigenvalue weighted by Gasteiger charge is 2.19. The summed E-state index contributed by atoms with van der Waals surface area (Å²) in [5, 5.41) is 12.4. The van der Waals surface area contributed by atoms with Crippen LogP contribution in [0, 0.1) is 5.82 Å². The van der Waals surface area contributed by atoms with Gasteiger partial charge in [-0.3, -0.25) is 4.79 Å². The van der Waals surface area contributed by atoms with Gasteiger partial charge in [-0.1, -0.05) is 49.9 Å². The van der Waals surface area contributed by atoms with Gasteiger partial charge >= 0.3 is 0 Å². The molecule has 2 aromatic carbocycles. The maximum atomic E-state index is 13.1. The minimum absolute atomic E-state index is 0.0588. The number of hydrogen-bond acceptors (Lipinski definition) is 5. The summed E-state index contributed by atoms with van der Waals surface area (Å²) < 4.78 is 14.8. The van der Waals surface area contributed by atoms with Crippen LogP contribution in [0.4, 0.5) is 4.39 Å². The number of hydrogen-bond donors (Lipinski definition) is 0. The SMILES string of the molecule is CC(C)c1ccc(-n2nnnc2SCC(=O)N(C)C(C)c2ccc(F)cc2)cc1. The average Bonchev–Trinajstić information content (AvgIpc) is 3.20. The van der Waals surface area contributed by atoms with Crippen molar-refractivity contribution in [2.75, 3.05) is 12.8 Å².